The molecule has 0 saturated heterocycles. The van der Waals surface area contributed by atoms with Gasteiger partial charge in [0.05, 0.1) is 11.9 Å². The maximum Gasteiger partial charge on any atom is 0.251 e. The van der Waals surface area contributed by atoms with E-state index in [1.807, 2.05) is 6.07 Å². The molecule has 0 radical (unpaired) electrons. The molecule has 6 nitrogen and oxygen atoms in total. The summed E-state index contributed by atoms with van der Waals surface area (Å²) in [6, 6.07) is 8.41. The summed E-state index contributed by atoms with van der Waals surface area (Å²) in [5, 5.41) is 24.9. The number of phenols is 1. The quantitative estimate of drug-likeness (QED) is 0.741. The SMILES string of the molecule is Oc1cc(-c2cn[nH]c2)ccc1-c1ccc(O[C@@H]2CCC(F)(F)C2)nn1. The molecule has 1 saturated carbocycles. The van der Waals surface area contributed by atoms with Crippen molar-refractivity contribution in [2.45, 2.75) is 31.3 Å². The van der Waals surface area contributed by atoms with Gasteiger partial charge in [-0.15, -0.1) is 10.2 Å². The zero-order valence-electron chi connectivity index (χ0n) is 13.7. The molecule has 1 fully saturated rings. The Morgan fingerprint density at radius 3 is 2.65 bits per heavy atom. The summed E-state index contributed by atoms with van der Waals surface area (Å²) >= 11 is 0. The number of benzene rings is 1. The first-order valence-electron chi connectivity index (χ1n) is 8.21. The van der Waals surface area contributed by atoms with Crippen LogP contribution in [0.1, 0.15) is 19.3 Å². The van der Waals surface area contributed by atoms with E-state index in [0.717, 1.165) is 11.1 Å². The number of H-pyrrole nitrogens is 1. The minimum atomic E-state index is -2.67. The summed E-state index contributed by atoms with van der Waals surface area (Å²) in [6.45, 7) is 0. The summed E-state index contributed by atoms with van der Waals surface area (Å²) in [4.78, 5) is 0. The molecule has 0 bridgehead atoms. The lowest BCUT2D eigenvalue weighted by atomic mass is 10.0. The first-order chi connectivity index (χ1) is 12.5. The van der Waals surface area contributed by atoms with Crippen molar-refractivity contribution in [3.8, 4) is 34.0 Å². The number of rotatable bonds is 4. The second-order valence-electron chi connectivity index (χ2n) is 6.31. The van der Waals surface area contributed by atoms with Crippen molar-refractivity contribution in [1.29, 1.82) is 0 Å². The average molecular weight is 358 g/mol. The number of hydrogen-bond donors (Lipinski definition) is 2. The van der Waals surface area contributed by atoms with Crippen molar-refractivity contribution >= 4 is 0 Å². The fourth-order valence-corrected chi connectivity index (χ4v) is 3.04. The fourth-order valence-electron chi connectivity index (χ4n) is 3.04. The molecule has 4 rings (SSSR count). The summed E-state index contributed by atoms with van der Waals surface area (Å²) in [5.41, 5.74) is 2.65. The first-order valence-corrected chi connectivity index (χ1v) is 8.21. The number of alkyl halides is 2. The Morgan fingerprint density at radius 2 is 2.04 bits per heavy atom. The third-order valence-electron chi connectivity index (χ3n) is 4.39. The third-order valence-corrected chi connectivity index (χ3v) is 4.39. The Kier molecular flexibility index (Phi) is 4.02. The molecule has 0 spiro atoms. The predicted molar refractivity (Wildman–Crippen MR) is 89.9 cm³/mol. The Labute approximate surface area is 147 Å². The molecular weight excluding hydrogens is 342 g/mol. The molecular formula is C18H16F2N4O2. The lowest BCUT2D eigenvalue weighted by Crippen LogP contribution is -2.17. The summed E-state index contributed by atoms with van der Waals surface area (Å²) in [5.74, 6) is -2.41. The minimum absolute atomic E-state index is 0.0575. The molecule has 1 aliphatic carbocycles. The monoisotopic (exact) mass is 358 g/mol. The number of ether oxygens (including phenoxy) is 1. The van der Waals surface area contributed by atoms with Gasteiger partial charge in [-0.3, -0.25) is 5.10 Å². The zero-order chi connectivity index (χ0) is 18.1. The molecule has 2 aromatic heterocycles. The van der Waals surface area contributed by atoms with E-state index in [4.69, 9.17) is 4.74 Å². The van der Waals surface area contributed by atoms with Crippen LogP contribution in [0.4, 0.5) is 8.78 Å². The molecule has 134 valence electrons. The van der Waals surface area contributed by atoms with Crippen molar-refractivity contribution in [3.63, 3.8) is 0 Å². The maximum atomic E-state index is 13.2. The van der Waals surface area contributed by atoms with Crippen LogP contribution in [0, 0.1) is 0 Å². The summed E-state index contributed by atoms with van der Waals surface area (Å²) in [6.07, 6.45) is 2.67. The van der Waals surface area contributed by atoms with E-state index in [1.165, 1.54) is 0 Å². The Balaban J connectivity index is 1.50. The topological polar surface area (TPSA) is 83.9 Å². The summed E-state index contributed by atoms with van der Waals surface area (Å²) < 4.78 is 31.9. The number of aromatic amines is 1. The van der Waals surface area contributed by atoms with Gasteiger partial charge in [-0.05, 0) is 30.2 Å². The predicted octanol–water partition coefficient (Wildman–Crippen LogP) is 3.81. The second kappa shape index (κ2) is 6.36. The fraction of sp³-hybridized carbons (Fsp3) is 0.278. The molecule has 26 heavy (non-hydrogen) atoms. The highest BCUT2D eigenvalue weighted by Crippen LogP contribution is 2.37. The van der Waals surface area contributed by atoms with Crippen LogP contribution in [0.3, 0.4) is 0 Å². The third kappa shape index (κ3) is 3.35. The highest BCUT2D eigenvalue weighted by Gasteiger charge is 2.40. The molecule has 0 amide bonds. The Morgan fingerprint density at radius 1 is 1.15 bits per heavy atom. The lowest BCUT2D eigenvalue weighted by molar-refractivity contribution is -0.00145. The Bertz CT molecular complexity index is 898. The molecule has 2 N–H and O–H groups in total. The molecule has 0 unspecified atom stereocenters. The van der Waals surface area contributed by atoms with Crippen LogP contribution in [-0.4, -0.2) is 37.5 Å². The second-order valence-corrected chi connectivity index (χ2v) is 6.31. The van der Waals surface area contributed by atoms with Crippen LogP contribution in [0.2, 0.25) is 0 Å². The molecule has 1 aromatic carbocycles. The van der Waals surface area contributed by atoms with Crippen molar-refractivity contribution < 1.29 is 18.6 Å². The minimum Gasteiger partial charge on any atom is -0.507 e. The van der Waals surface area contributed by atoms with Crippen LogP contribution in [-0.2, 0) is 0 Å². The summed E-state index contributed by atoms with van der Waals surface area (Å²) in [7, 11) is 0. The van der Waals surface area contributed by atoms with Crippen LogP contribution in [0.25, 0.3) is 22.4 Å². The van der Waals surface area contributed by atoms with Crippen molar-refractivity contribution in [2.75, 3.05) is 0 Å². The number of halogens is 2. The van der Waals surface area contributed by atoms with E-state index >= 15 is 0 Å². The molecule has 0 aliphatic heterocycles. The van der Waals surface area contributed by atoms with E-state index in [0.29, 0.717) is 17.7 Å². The normalized spacial score (nSPS) is 18.8. The largest absolute Gasteiger partial charge is 0.507 e. The Hall–Kier alpha value is -3.03. The number of hydrogen-bond acceptors (Lipinski definition) is 5. The number of aromatic nitrogens is 4. The van der Waals surface area contributed by atoms with Gasteiger partial charge < -0.3 is 9.84 Å². The molecule has 1 atom stereocenters. The van der Waals surface area contributed by atoms with Gasteiger partial charge in [-0.1, -0.05) is 6.07 Å². The van der Waals surface area contributed by atoms with Gasteiger partial charge in [0.25, 0.3) is 5.92 Å². The number of phenolic OH excluding ortho intramolecular Hbond substituents is 1. The number of aromatic hydroxyl groups is 1. The number of nitrogens with one attached hydrogen (secondary N) is 1. The highest BCUT2D eigenvalue weighted by molar-refractivity contribution is 5.73. The average Bonchev–Trinajstić information content (AvgIpc) is 3.25. The van der Waals surface area contributed by atoms with Gasteiger partial charge in [0.1, 0.15) is 11.9 Å². The molecule has 2 heterocycles. The molecule has 8 heteroatoms. The van der Waals surface area contributed by atoms with Crippen LogP contribution >= 0.6 is 0 Å². The van der Waals surface area contributed by atoms with Crippen molar-refractivity contribution in [2.24, 2.45) is 0 Å². The van der Waals surface area contributed by atoms with E-state index in [2.05, 4.69) is 20.4 Å². The standard InChI is InChI=1S/C18H16F2N4O2/c19-18(20)6-5-13(8-18)26-17-4-3-15(23-24-17)14-2-1-11(7-16(14)25)12-9-21-22-10-12/h1-4,7,9-10,13,25H,5-6,8H2,(H,21,22)/t13-/m1/s1. The van der Waals surface area contributed by atoms with Gasteiger partial charge in [0.2, 0.25) is 5.88 Å². The van der Waals surface area contributed by atoms with E-state index in [9.17, 15) is 13.9 Å². The van der Waals surface area contributed by atoms with E-state index in [-0.39, 0.29) is 24.5 Å². The lowest BCUT2D eigenvalue weighted by Gasteiger charge is -2.12. The van der Waals surface area contributed by atoms with Crippen LogP contribution < -0.4 is 4.74 Å². The van der Waals surface area contributed by atoms with Crippen LogP contribution in [0.5, 0.6) is 11.6 Å². The molecule has 1 aliphatic rings. The molecule has 3 aromatic rings. The highest BCUT2D eigenvalue weighted by atomic mass is 19.3. The zero-order valence-corrected chi connectivity index (χ0v) is 13.7. The van der Waals surface area contributed by atoms with Crippen LogP contribution in [0.15, 0.2) is 42.7 Å². The van der Waals surface area contributed by atoms with Crippen molar-refractivity contribution in [1.82, 2.24) is 20.4 Å². The van der Waals surface area contributed by atoms with Gasteiger partial charge in [-0.2, -0.15) is 5.10 Å². The van der Waals surface area contributed by atoms with Gasteiger partial charge in [-0.25, -0.2) is 8.78 Å². The first kappa shape index (κ1) is 16.4. The maximum absolute atomic E-state index is 13.2. The number of nitrogens with zero attached hydrogens (tertiary/aromatic N) is 3. The van der Waals surface area contributed by atoms with Gasteiger partial charge in [0, 0.05) is 36.2 Å². The van der Waals surface area contributed by atoms with Gasteiger partial charge >= 0.3 is 0 Å². The van der Waals surface area contributed by atoms with E-state index < -0.39 is 12.0 Å². The van der Waals surface area contributed by atoms with Gasteiger partial charge in [0.15, 0.2) is 0 Å². The van der Waals surface area contributed by atoms with Crippen molar-refractivity contribution in [3.05, 3.63) is 42.7 Å². The van der Waals surface area contributed by atoms with E-state index in [1.54, 1.807) is 36.7 Å². The smallest absolute Gasteiger partial charge is 0.251 e.